The molecular formula is C34H42ClN3O4S. The standard InChI is InChI=1S/C34H42ClN3O4S/c1-24(2)28-14-18-31(19-15-28)38(43(41,42)32-20-10-25(3)11-21-32)23-33(39)37(22-27-12-16-29(35)17-13-27)26(4)34(40)36-30-8-6-5-7-9-30/h10-21,24,26,30H,5-9,22-23H2,1-4H3,(H,36,40)/t26-/m1/s1. The summed E-state index contributed by atoms with van der Waals surface area (Å²) in [7, 11) is -4.11. The average molecular weight is 624 g/mol. The van der Waals surface area contributed by atoms with Crippen molar-refractivity contribution < 1.29 is 18.0 Å². The number of amides is 2. The molecule has 0 heterocycles. The summed E-state index contributed by atoms with van der Waals surface area (Å²) in [4.78, 5) is 29.2. The second kappa shape index (κ2) is 14.4. The van der Waals surface area contributed by atoms with Gasteiger partial charge in [0.25, 0.3) is 10.0 Å². The van der Waals surface area contributed by atoms with E-state index in [0.29, 0.717) is 10.7 Å². The summed E-state index contributed by atoms with van der Waals surface area (Å²) in [6, 6.07) is 20.1. The van der Waals surface area contributed by atoms with Crippen molar-refractivity contribution in [1.29, 1.82) is 0 Å². The molecule has 230 valence electrons. The van der Waals surface area contributed by atoms with Gasteiger partial charge >= 0.3 is 0 Å². The maximum Gasteiger partial charge on any atom is 0.264 e. The van der Waals surface area contributed by atoms with Gasteiger partial charge in [-0.25, -0.2) is 8.42 Å². The van der Waals surface area contributed by atoms with E-state index in [1.54, 1.807) is 67.6 Å². The largest absolute Gasteiger partial charge is 0.352 e. The molecule has 3 aromatic rings. The molecule has 0 aliphatic heterocycles. The Bertz CT molecular complexity index is 1480. The van der Waals surface area contributed by atoms with E-state index >= 15 is 0 Å². The van der Waals surface area contributed by atoms with Crippen LogP contribution in [0.15, 0.2) is 77.7 Å². The van der Waals surface area contributed by atoms with Crippen LogP contribution < -0.4 is 9.62 Å². The SMILES string of the molecule is Cc1ccc(S(=O)(=O)N(CC(=O)N(Cc2ccc(Cl)cc2)[C@H](C)C(=O)NC2CCCCC2)c2ccc(C(C)C)cc2)cc1. The molecule has 1 fully saturated rings. The summed E-state index contributed by atoms with van der Waals surface area (Å²) in [6.07, 6.45) is 5.12. The third kappa shape index (κ3) is 8.39. The normalized spacial score (nSPS) is 14.7. The van der Waals surface area contributed by atoms with Crippen LogP contribution in [0.2, 0.25) is 5.02 Å². The number of aryl methyl sites for hydroxylation is 1. The van der Waals surface area contributed by atoms with Gasteiger partial charge in [0.15, 0.2) is 0 Å². The maximum atomic E-state index is 14.2. The highest BCUT2D eigenvalue weighted by Gasteiger charge is 2.33. The second-order valence-corrected chi connectivity index (χ2v) is 14.0. The molecule has 3 aromatic carbocycles. The van der Waals surface area contributed by atoms with Crippen LogP contribution in [0.3, 0.4) is 0 Å². The van der Waals surface area contributed by atoms with Gasteiger partial charge in [-0.3, -0.25) is 13.9 Å². The van der Waals surface area contributed by atoms with E-state index in [9.17, 15) is 18.0 Å². The van der Waals surface area contributed by atoms with E-state index in [4.69, 9.17) is 11.6 Å². The van der Waals surface area contributed by atoms with E-state index in [-0.39, 0.29) is 29.3 Å². The summed E-state index contributed by atoms with van der Waals surface area (Å²) in [5.41, 5.74) is 3.14. The molecule has 1 N–H and O–H groups in total. The molecule has 0 saturated heterocycles. The first-order valence-corrected chi connectivity index (χ1v) is 16.8. The van der Waals surface area contributed by atoms with Gasteiger partial charge in [0.2, 0.25) is 11.8 Å². The first kappa shape index (κ1) is 32.6. The first-order chi connectivity index (χ1) is 20.5. The van der Waals surface area contributed by atoms with Crippen LogP contribution in [-0.4, -0.2) is 43.8 Å². The minimum atomic E-state index is -4.11. The molecule has 1 saturated carbocycles. The summed E-state index contributed by atoms with van der Waals surface area (Å²) >= 11 is 6.10. The van der Waals surface area contributed by atoms with Gasteiger partial charge in [-0.1, -0.05) is 86.7 Å². The topological polar surface area (TPSA) is 86.8 Å². The van der Waals surface area contributed by atoms with E-state index in [1.165, 1.54) is 4.90 Å². The Balaban J connectivity index is 1.68. The predicted molar refractivity (Wildman–Crippen MR) is 173 cm³/mol. The molecule has 1 aliphatic rings. The summed E-state index contributed by atoms with van der Waals surface area (Å²) < 4.78 is 29.2. The van der Waals surface area contributed by atoms with Crippen LogP contribution >= 0.6 is 11.6 Å². The zero-order chi connectivity index (χ0) is 31.1. The highest BCUT2D eigenvalue weighted by molar-refractivity contribution is 7.92. The Hall–Kier alpha value is -3.36. The van der Waals surface area contributed by atoms with Crippen LogP contribution in [0.4, 0.5) is 5.69 Å². The quantitative estimate of drug-likeness (QED) is 0.254. The van der Waals surface area contributed by atoms with E-state index < -0.39 is 28.5 Å². The fourth-order valence-electron chi connectivity index (χ4n) is 5.33. The lowest BCUT2D eigenvalue weighted by atomic mass is 9.95. The molecule has 0 bridgehead atoms. The zero-order valence-corrected chi connectivity index (χ0v) is 27.0. The Morgan fingerprint density at radius 1 is 0.884 bits per heavy atom. The fraction of sp³-hybridized carbons (Fsp3) is 0.412. The maximum absolute atomic E-state index is 14.2. The van der Waals surface area contributed by atoms with Gasteiger partial charge in [0.1, 0.15) is 12.6 Å². The number of hydrogen-bond donors (Lipinski definition) is 1. The van der Waals surface area contributed by atoms with E-state index in [2.05, 4.69) is 19.2 Å². The Morgan fingerprint density at radius 2 is 1.49 bits per heavy atom. The number of anilines is 1. The number of carbonyl (C=O) groups is 2. The number of sulfonamides is 1. The van der Waals surface area contributed by atoms with Crippen molar-refractivity contribution >= 4 is 39.1 Å². The van der Waals surface area contributed by atoms with Gasteiger partial charge in [0.05, 0.1) is 10.6 Å². The molecule has 0 radical (unpaired) electrons. The average Bonchev–Trinajstić information content (AvgIpc) is 2.99. The molecule has 7 nitrogen and oxygen atoms in total. The first-order valence-electron chi connectivity index (χ1n) is 15.0. The number of hydrogen-bond acceptors (Lipinski definition) is 4. The second-order valence-electron chi connectivity index (χ2n) is 11.7. The molecule has 0 spiro atoms. The molecule has 9 heteroatoms. The van der Waals surface area contributed by atoms with Crippen molar-refractivity contribution in [3.05, 3.63) is 94.5 Å². The van der Waals surface area contributed by atoms with Crippen LogP contribution in [0.25, 0.3) is 0 Å². The number of carbonyl (C=O) groups excluding carboxylic acids is 2. The summed E-state index contributed by atoms with van der Waals surface area (Å²) in [5.74, 6) is -0.468. The molecular weight excluding hydrogens is 582 g/mol. The summed E-state index contributed by atoms with van der Waals surface area (Å²) in [6.45, 7) is 7.37. The van der Waals surface area contributed by atoms with Crippen LogP contribution in [0.1, 0.15) is 75.5 Å². The lowest BCUT2D eigenvalue weighted by Gasteiger charge is -2.33. The smallest absolute Gasteiger partial charge is 0.264 e. The minimum absolute atomic E-state index is 0.0778. The van der Waals surface area contributed by atoms with Gasteiger partial charge in [-0.15, -0.1) is 0 Å². The fourth-order valence-corrected chi connectivity index (χ4v) is 6.87. The van der Waals surface area contributed by atoms with Crippen molar-refractivity contribution in [2.24, 2.45) is 0 Å². The van der Waals surface area contributed by atoms with Crippen molar-refractivity contribution in [3.8, 4) is 0 Å². The Kier molecular flexibility index (Phi) is 10.9. The zero-order valence-electron chi connectivity index (χ0n) is 25.4. The lowest BCUT2D eigenvalue weighted by Crippen LogP contribution is -2.53. The highest BCUT2D eigenvalue weighted by atomic mass is 35.5. The van der Waals surface area contributed by atoms with Crippen LogP contribution in [-0.2, 0) is 26.2 Å². The van der Waals surface area contributed by atoms with Gasteiger partial charge < -0.3 is 10.2 Å². The molecule has 1 aliphatic carbocycles. The van der Waals surface area contributed by atoms with E-state index in [1.807, 2.05) is 19.1 Å². The molecule has 0 unspecified atom stereocenters. The molecule has 43 heavy (non-hydrogen) atoms. The van der Waals surface area contributed by atoms with Crippen molar-refractivity contribution in [2.75, 3.05) is 10.8 Å². The number of rotatable bonds is 11. The van der Waals surface area contributed by atoms with E-state index in [0.717, 1.165) is 53.1 Å². The molecule has 1 atom stereocenters. The third-order valence-corrected chi connectivity index (χ3v) is 10.2. The number of nitrogens with zero attached hydrogens (tertiary/aromatic N) is 2. The van der Waals surface area contributed by atoms with Gasteiger partial charge in [-0.05, 0) is 80.1 Å². The number of nitrogens with one attached hydrogen (secondary N) is 1. The molecule has 4 rings (SSSR count). The summed E-state index contributed by atoms with van der Waals surface area (Å²) in [5, 5.41) is 3.69. The number of benzene rings is 3. The van der Waals surface area contributed by atoms with Crippen molar-refractivity contribution in [3.63, 3.8) is 0 Å². The molecule has 2 amide bonds. The molecule has 0 aromatic heterocycles. The Labute approximate surface area is 261 Å². The number of halogens is 1. The predicted octanol–water partition coefficient (Wildman–Crippen LogP) is 6.83. The Morgan fingerprint density at radius 3 is 2.07 bits per heavy atom. The van der Waals surface area contributed by atoms with Gasteiger partial charge in [0, 0.05) is 17.6 Å². The van der Waals surface area contributed by atoms with Gasteiger partial charge in [-0.2, -0.15) is 0 Å². The van der Waals surface area contributed by atoms with Crippen molar-refractivity contribution in [1.82, 2.24) is 10.2 Å². The lowest BCUT2D eigenvalue weighted by molar-refractivity contribution is -0.139. The third-order valence-electron chi connectivity index (χ3n) is 8.12. The van der Waals surface area contributed by atoms with Crippen LogP contribution in [0, 0.1) is 6.92 Å². The van der Waals surface area contributed by atoms with Crippen molar-refractivity contribution in [2.45, 2.75) is 89.2 Å². The van der Waals surface area contributed by atoms with Crippen LogP contribution in [0.5, 0.6) is 0 Å². The highest BCUT2D eigenvalue weighted by Crippen LogP contribution is 2.27. The minimum Gasteiger partial charge on any atom is -0.352 e. The monoisotopic (exact) mass is 623 g/mol.